The second-order valence-electron chi connectivity index (χ2n) is 4.86. The van der Waals surface area contributed by atoms with E-state index in [4.69, 9.17) is 11.6 Å². The number of hydrogen-bond acceptors (Lipinski definition) is 2. The minimum Gasteiger partial charge on any atom is -0.370 e. The van der Waals surface area contributed by atoms with Crippen molar-refractivity contribution >= 4 is 17.4 Å². The van der Waals surface area contributed by atoms with E-state index in [0.29, 0.717) is 17.8 Å². The van der Waals surface area contributed by atoms with E-state index < -0.39 is 11.7 Å². The van der Waals surface area contributed by atoms with E-state index >= 15 is 0 Å². The number of fused-ring (bicyclic) bond motifs is 1. The zero-order valence-corrected chi connectivity index (χ0v) is 12.0. The maximum absolute atomic E-state index is 12.9. The fraction of sp³-hybridized carbons (Fsp3) is 0.357. The highest BCUT2D eigenvalue weighted by Gasteiger charge is 2.32. The highest BCUT2D eigenvalue weighted by atomic mass is 35.5. The average Bonchev–Trinajstić information content (AvgIpc) is 2.99. The van der Waals surface area contributed by atoms with Crippen LogP contribution in [0.4, 0.5) is 19.0 Å². The van der Waals surface area contributed by atoms with Crippen molar-refractivity contribution in [2.75, 3.05) is 11.9 Å². The van der Waals surface area contributed by atoms with E-state index in [1.165, 1.54) is 6.07 Å². The summed E-state index contributed by atoms with van der Waals surface area (Å²) in [5, 5.41) is 7.89. The van der Waals surface area contributed by atoms with Crippen molar-refractivity contribution in [1.82, 2.24) is 9.78 Å². The molecule has 0 saturated heterocycles. The number of alkyl halides is 3. The summed E-state index contributed by atoms with van der Waals surface area (Å²) in [6.45, 7) is 3.34. The van der Waals surface area contributed by atoms with Crippen molar-refractivity contribution in [3.8, 4) is 11.3 Å². The summed E-state index contributed by atoms with van der Waals surface area (Å²) < 4.78 is 40.4. The molecule has 1 aromatic carbocycles. The van der Waals surface area contributed by atoms with Gasteiger partial charge < -0.3 is 5.32 Å². The Hall–Kier alpha value is -1.69. The molecular weight excluding hydrogens is 303 g/mol. The normalized spacial score (nSPS) is 14.1. The molecule has 0 radical (unpaired) electrons. The van der Waals surface area contributed by atoms with Crippen molar-refractivity contribution in [2.45, 2.75) is 26.1 Å². The van der Waals surface area contributed by atoms with Crippen molar-refractivity contribution in [3.63, 3.8) is 0 Å². The molecule has 1 aliphatic heterocycles. The van der Waals surface area contributed by atoms with Crippen LogP contribution in [0.25, 0.3) is 11.3 Å². The summed E-state index contributed by atoms with van der Waals surface area (Å²) in [5.41, 5.74) is 1.08. The van der Waals surface area contributed by atoms with E-state index in [1.807, 2.05) is 6.92 Å². The van der Waals surface area contributed by atoms with Crippen molar-refractivity contribution < 1.29 is 13.2 Å². The van der Waals surface area contributed by atoms with Crippen LogP contribution >= 0.6 is 11.6 Å². The molecule has 7 heteroatoms. The number of aromatic nitrogens is 2. The molecule has 0 spiro atoms. The van der Waals surface area contributed by atoms with Crippen molar-refractivity contribution in [1.29, 1.82) is 0 Å². The molecule has 2 heterocycles. The zero-order chi connectivity index (χ0) is 15.2. The molecule has 2 aromatic rings. The number of anilines is 1. The van der Waals surface area contributed by atoms with Gasteiger partial charge in [-0.05, 0) is 31.5 Å². The number of nitrogens with one attached hydrogen (secondary N) is 1. The van der Waals surface area contributed by atoms with Crippen LogP contribution in [0, 0.1) is 0 Å². The number of hydrogen-bond donors (Lipinski definition) is 1. The zero-order valence-electron chi connectivity index (χ0n) is 11.3. The Labute approximate surface area is 124 Å². The smallest absolute Gasteiger partial charge is 0.370 e. The van der Waals surface area contributed by atoms with Crippen LogP contribution in [0.3, 0.4) is 0 Å². The summed E-state index contributed by atoms with van der Waals surface area (Å²) in [6, 6.07) is 3.34. The second kappa shape index (κ2) is 4.94. The van der Waals surface area contributed by atoms with Gasteiger partial charge >= 0.3 is 6.18 Å². The summed E-state index contributed by atoms with van der Waals surface area (Å²) in [6.07, 6.45) is -3.66. The van der Waals surface area contributed by atoms with Crippen LogP contribution in [-0.2, 0) is 19.1 Å². The van der Waals surface area contributed by atoms with Gasteiger partial charge in [-0.15, -0.1) is 0 Å². The van der Waals surface area contributed by atoms with Crippen LogP contribution in [-0.4, -0.2) is 16.3 Å². The third-order valence-corrected chi connectivity index (χ3v) is 3.90. The lowest BCUT2D eigenvalue weighted by molar-refractivity contribution is -0.137. The van der Waals surface area contributed by atoms with E-state index in [9.17, 15) is 13.2 Å². The summed E-state index contributed by atoms with van der Waals surface area (Å²) in [5.74, 6) is 0.876. The number of aryl methyl sites for hydroxylation is 1. The van der Waals surface area contributed by atoms with Gasteiger partial charge in [0.2, 0.25) is 0 Å². The van der Waals surface area contributed by atoms with Crippen LogP contribution in [0.1, 0.15) is 18.1 Å². The standard InChI is InChI=1S/C14H13ClF3N3/c1-2-21-13-9(5-6-19-13)12(20-21)10-7-8(14(16,17)18)3-4-11(10)15/h3-4,7,19H,2,5-6H2,1H3. The Bertz CT molecular complexity index is 692. The third-order valence-electron chi connectivity index (χ3n) is 3.57. The van der Waals surface area contributed by atoms with Gasteiger partial charge in [0, 0.05) is 24.2 Å². The Morgan fingerprint density at radius 3 is 2.81 bits per heavy atom. The first-order valence-electron chi connectivity index (χ1n) is 6.62. The van der Waals surface area contributed by atoms with Gasteiger partial charge in [-0.3, -0.25) is 0 Å². The van der Waals surface area contributed by atoms with E-state index in [-0.39, 0.29) is 5.02 Å². The van der Waals surface area contributed by atoms with Crippen LogP contribution in [0.5, 0.6) is 0 Å². The minimum absolute atomic E-state index is 0.276. The van der Waals surface area contributed by atoms with Crippen molar-refractivity contribution in [3.05, 3.63) is 34.3 Å². The molecular formula is C14H13ClF3N3. The Morgan fingerprint density at radius 1 is 1.38 bits per heavy atom. The lowest BCUT2D eigenvalue weighted by Crippen LogP contribution is -2.06. The monoisotopic (exact) mass is 315 g/mol. The first-order valence-corrected chi connectivity index (χ1v) is 7.00. The summed E-state index contributed by atoms with van der Waals surface area (Å²) >= 11 is 6.10. The average molecular weight is 316 g/mol. The molecule has 3 rings (SSSR count). The molecule has 0 saturated carbocycles. The lowest BCUT2D eigenvalue weighted by Gasteiger charge is -2.10. The predicted octanol–water partition coefficient (Wildman–Crippen LogP) is 4.21. The Kier molecular flexibility index (Phi) is 3.36. The molecule has 112 valence electrons. The van der Waals surface area contributed by atoms with Crippen LogP contribution in [0.15, 0.2) is 18.2 Å². The maximum Gasteiger partial charge on any atom is 0.416 e. The molecule has 0 fully saturated rings. The van der Waals surface area contributed by atoms with Gasteiger partial charge in [-0.25, -0.2) is 4.68 Å². The molecule has 0 aliphatic carbocycles. The number of halogens is 4. The highest BCUT2D eigenvalue weighted by Crippen LogP contribution is 2.39. The van der Waals surface area contributed by atoms with Gasteiger partial charge in [0.25, 0.3) is 0 Å². The van der Waals surface area contributed by atoms with Crippen LogP contribution < -0.4 is 5.32 Å². The van der Waals surface area contributed by atoms with Gasteiger partial charge in [-0.1, -0.05) is 11.6 Å². The molecule has 0 bridgehead atoms. The molecule has 3 nitrogen and oxygen atoms in total. The predicted molar refractivity (Wildman–Crippen MR) is 75.5 cm³/mol. The molecule has 1 N–H and O–H groups in total. The maximum atomic E-state index is 12.9. The Balaban J connectivity index is 2.17. The third kappa shape index (κ3) is 2.37. The highest BCUT2D eigenvalue weighted by molar-refractivity contribution is 6.33. The topological polar surface area (TPSA) is 29.9 Å². The van der Waals surface area contributed by atoms with E-state index in [0.717, 1.165) is 36.5 Å². The summed E-state index contributed by atoms with van der Waals surface area (Å²) in [4.78, 5) is 0. The molecule has 0 atom stereocenters. The fourth-order valence-electron chi connectivity index (χ4n) is 2.57. The van der Waals surface area contributed by atoms with Gasteiger partial charge in [0.1, 0.15) is 5.82 Å². The van der Waals surface area contributed by atoms with Gasteiger partial charge in [-0.2, -0.15) is 18.3 Å². The second-order valence-corrected chi connectivity index (χ2v) is 5.27. The van der Waals surface area contributed by atoms with Crippen LogP contribution in [0.2, 0.25) is 5.02 Å². The van der Waals surface area contributed by atoms with Crippen molar-refractivity contribution in [2.24, 2.45) is 0 Å². The van der Waals surface area contributed by atoms with Gasteiger partial charge in [0.15, 0.2) is 0 Å². The molecule has 0 unspecified atom stereocenters. The minimum atomic E-state index is -4.39. The summed E-state index contributed by atoms with van der Waals surface area (Å²) in [7, 11) is 0. The first-order chi connectivity index (χ1) is 9.91. The quantitative estimate of drug-likeness (QED) is 0.899. The Morgan fingerprint density at radius 2 is 2.14 bits per heavy atom. The van der Waals surface area contributed by atoms with Gasteiger partial charge in [0.05, 0.1) is 16.3 Å². The molecule has 21 heavy (non-hydrogen) atoms. The number of benzene rings is 1. The first kappa shape index (κ1) is 14.3. The number of nitrogens with zero attached hydrogens (tertiary/aromatic N) is 2. The lowest BCUT2D eigenvalue weighted by atomic mass is 10.0. The number of rotatable bonds is 2. The molecule has 1 aromatic heterocycles. The fourth-order valence-corrected chi connectivity index (χ4v) is 2.78. The molecule has 0 amide bonds. The largest absolute Gasteiger partial charge is 0.416 e. The SMILES string of the molecule is CCn1nc(-c2cc(C(F)(F)F)ccc2Cl)c2c1NCC2. The van der Waals surface area contributed by atoms with E-state index in [2.05, 4.69) is 10.4 Å². The van der Waals surface area contributed by atoms with E-state index in [1.54, 1.807) is 4.68 Å². The molecule has 1 aliphatic rings.